The van der Waals surface area contributed by atoms with Crippen molar-refractivity contribution in [3.8, 4) is 0 Å². The van der Waals surface area contributed by atoms with Gasteiger partial charge in [-0.1, -0.05) is 109 Å². The van der Waals surface area contributed by atoms with Gasteiger partial charge in [-0.25, -0.2) is 0 Å². The maximum atomic E-state index is 14.7. The zero-order valence-corrected chi connectivity index (χ0v) is 20.8. The molecule has 4 aromatic rings. The van der Waals surface area contributed by atoms with Crippen LogP contribution in [0.2, 0.25) is 0 Å². The van der Waals surface area contributed by atoms with Gasteiger partial charge in [0.15, 0.2) is 0 Å². The number of aliphatic hydroxyl groups excluding tert-OH is 1. The lowest BCUT2D eigenvalue weighted by molar-refractivity contribution is -0.537. The van der Waals surface area contributed by atoms with E-state index in [1.54, 1.807) is 4.90 Å². The van der Waals surface area contributed by atoms with Crippen molar-refractivity contribution < 1.29 is 14.8 Å². The summed E-state index contributed by atoms with van der Waals surface area (Å²) in [5, 5.41) is 25.0. The first kappa shape index (κ1) is 24.1. The fourth-order valence-corrected chi connectivity index (χ4v) is 6.75. The fraction of sp³-hybridized carbons (Fsp3) is 0.219. The highest BCUT2D eigenvalue weighted by molar-refractivity contribution is 6.09. The Hall–Kier alpha value is -4.29. The van der Waals surface area contributed by atoms with E-state index >= 15 is 0 Å². The van der Waals surface area contributed by atoms with Gasteiger partial charge in [-0.3, -0.25) is 14.9 Å². The Kier molecular flexibility index (Phi) is 6.04. The summed E-state index contributed by atoms with van der Waals surface area (Å²) in [5.74, 6) is -1.72. The summed E-state index contributed by atoms with van der Waals surface area (Å²) in [4.78, 5) is 29.1. The molecule has 38 heavy (non-hydrogen) atoms. The largest absolute Gasteiger partial charge is 0.392 e. The van der Waals surface area contributed by atoms with Gasteiger partial charge in [-0.15, -0.1) is 0 Å². The topological polar surface area (TPSA) is 83.7 Å². The van der Waals surface area contributed by atoms with E-state index in [-0.39, 0.29) is 17.3 Å². The van der Waals surface area contributed by atoms with Gasteiger partial charge >= 0.3 is 0 Å². The summed E-state index contributed by atoms with van der Waals surface area (Å²) in [7, 11) is 0. The average Bonchev–Trinajstić information content (AvgIpc) is 3.19. The summed E-state index contributed by atoms with van der Waals surface area (Å²) in [6.07, 6.45) is -1.01. The molecule has 6 heteroatoms. The van der Waals surface area contributed by atoms with Crippen LogP contribution >= 0.6 is 0 Å². The van der Waals surface area contributed by atoms with Gasteiger partial charge in [-0.05, 0) is 34.7 Å². The molecule has 1 N–H and O–H groups in total. The molecule has 6 rings (SSSR count). The number of benzene rings is 4. The third-order valence-electron chi connectivity index (χ3n) is 8.30. The Morgan fingerprint density at radius 1 is 0.816 bits per heavy atom. The van der Waals surface area contributed by atoms with Crippen LogP contribution in [0.15, 0.2) is 115 Å². The molecule has 0 unspecified atom stereocenters. The second-order valence-corrected chi connectivity index (χ2v) is 10.2. The van der Waals surface area contributed by atoms with Crippen molar-refractivity contribution in [2.24, 2.45) is 0 Å². The van der Waals surface area contributed by atoms with Gasteiger partial charge in [0.05, 0.1) is 24.5 Å². The van der Waals surface area contributed by atoms with Crippen molar-refractivity contribution in [3.63, 3.8) is 0 Å². The first-order chi connectivity index (χ1) is 18.5. The van der Waals surface area contributed by atoms with Crippen LogP contribution in [0.1, 0.15) is 40.5 Å². The number of para-hydroxylation sites is 1. The molecule has 1 saturated carbocycles. The standard InChI is InChI=1S/C32H28N2O4/c35-28-20-25(23-14-6-2-7-15-23)30(34(37)38)29(24-16-8-3-9-17-24)32(28)26-18-10-11-19-27(26)33(31(32)36)21-22-12-4-1-5-13-22/h1-19,25,28-30,35H,20-21H2/t25-,28-,29-,30-,32-/m0/s1. The molecule has 1 aliphatic carbocycles. The third kappa shape index (κ3) is 3.63. The van der Waals surface area contributed by atoms with Gasteiger partial charge in [0.1, 0.15) is 5.41 Å². The number of hydrogen-bond acceptors (Lipinski definition) is 4. The second kappa shape index (κ2) is 9.54. The molecule has 0 saturated heterocycles. The molecule has 6 nitrogen and oxygen atoms in total. The van der Waals surface area contributed by atoms with E-state index < -0.39 is 29.4 Å². The Morgan fingerprint density at radius 2 is 1.37 bits per heavy atom. The number of carbonyl (C=O) groups excluding carboxylic acids is 1. The number of fused-ring (bicyclic) bond motifs is 2. The van der Waals surface area contributed by atoms with E-state index in [1.165, 1.54) is 0 Å². The van der Waals surface area contributed by atoms with Crippen molar-refractivity contribution in [1.29, 1.82) is 0 Å². The van der Waals surface area contributed by atoms with Gasteiger partial charge in [0, 0.05) is 10.6 Å². The predicted octanol–water partition coefficient (Wildman–Crippen LogP) is 5.45. The number of carbonyl (C=O) groups is 1. The zero-order chi connectivity index (χ0) is 26.3. The van der Waals surface area contributed by atoms with Crippen molar-refractivity contribution in [2.45, 2.75) is 42.4 Å². The molecule has 0 aromatic heterocycles. The Morgan fingerprint density at radius 3 is 2.00 bits per heavy atom. The normalized spacial score (nSPS) is 26.3. The maximum Gasteiger partial charge on any atom is 0.241 e. The van der Waals surface area contributed by atoms with E-state index in [0.717, 1.165) is 11.1 Å². The van der Waals surface area contributed by atoms with E-state index in [2.05, 4.69) is 0 Å². The minimum atomic E-state index is -1.49. The van der Waals surface area contributed by atoms with Crippen LogP contribution in [0.25, 0.3) is 0 Å². The molecular weight excluding hydrogens is 476 g/mol. The average molecular weight is 505 g/mol. The van der Waals surface area contributed by atoms with Crippen LogP contribution in [0.3, 0.4) is 0 Å². The van der Waals surface area contributed by atoms with Crippen molar-refractivity contribution in [1.82, 2.24) is 0 Å². The van der Waals surface area contributed by atoms with E-state index in [0.29, 0.717) is 23.4 Å². The fourth-order valence-electron chi connectivity index (χ4n) is 6.75. The number of hydrogen-bond donors (Lipinski definition) is 1. The minimum Gasteiger partial charge on any atom is -0.392 e. The number of anilines is 1. The first-order valence-corrected chi connectivity index (χ1v) is 12.9. The maximum absolute atomic E-state index is 14.7. The molecule has 190 valence electrons. The molecule has 1 spiro atoms. The Labute approximate surface area is 221 Å². The van der Waals surface area contributed by atoms with Crippen molar-refractivity contribution in [2.75, 3.05) is 4.90 Å². The van der Waals surface area contributed by atoms with Crippen LogP contribution in [0.4, 0.5) is 5.69 Å². The number of aliphatic hydroxyl groups is 1. The molecule has 1 amide bonds. The first-order valence-electron chi connectivity index (χ1n) is 12.9. The van der Waals surface area contributed by atoms with Crippen LogP contribution in [-0.2, 0) is 16.8 Å². The molecule has 1 fully saturated rings. The monoisotopic (exact) mass is 504 g/mol. The lowest BCUT2D eigenvalue weighted by Crippen LogP contribution is -2.61. The van der Waals surface area contributed by atoms with Crippen LogP contribution in [0, 0.1) is 10.1 Å². The molecule has 0 radical (unpaired) electrons. The van der Waals surface area contributed by atoms with Gasteiger partial charge in [0.2, 0.25) is 11.9 Å². The highest BCUT2D eigenvalue weighted by atomic mass is 16.6. The number of rotatable bonds is 5. The van der Waals surface area contributed by atoms with E-state index in [1.807, 2.05) is 115 Å². The summed E-state index contributed by atoms with van der Waals surface area (Å²) in [6, 6.07) is 34.6. The Balaban J connectivity index is 1.58. The summed E-state index contributed by atoms with van der Waals surface area (Å²) in [6.45, 7) is 0.317. The molecule has 0 bridgehead atoms. The molecule has 5 atom stereocenters. The summed E-state index contributed by atoms with van der Waals surface area (Å²) < 4.78 is 0. The number of nitrogens with zero attached hydrogens (tertiary/aromatic N) is 2. The lowest BCUT2D eigenvalue weighted by atomic mass is 9.54. The summed E-state index contributed by atoms with van der Waals surface area (Å²) >= 11 is 0. The van der Waals surface area contributed by atoms with Gasteiger partial charge < -0.3 is 10.0 Å². The van der Waals surface area contributed by atoms with Crippen molar-refractivity contribution >= 4 is 11.6 Å². The number of amides is 1. The van der Waals surface area contributed by atoms with Gasteiger partial charge in [0.25, 0.3) is 0 Å². The van der Waals surface area contributed by atoms with Gasteiger partial charge in [-0.2, -0.15) is 0 Å². The second-order valence-electron chi connectivity index (χ2n) is 10.2. The van der Waals surface area contributed by atoms with Crippen LogP contribution in [-0.4, -0.2) is 28.1 Å². The smallest absolute Gasteiger partial charge is 0.241 e. The van der Waals surface area contributed by atoms with E-state index in [4.69, 9.17) is 0 Å². The van der Waals surface area contributed by atoms with Crippen LogP contribution in [0.5, 0.6) is 0 Å². The SMILES string of the molecule is O=C1N(Cc2ccccc2)c2ccccc2[C@@]12[C@@H](O)C[C@@H](c1ccccc1)[C@H]([N+](=O)[O-])[C@@H]2c1ccccc1. The summed E-state index contributed by atoms with van der Waals surface area (Å²) in [5.41, 5.74) is 2.28. The van der Waals surface area contributed by atoms with E-state index in [9.17, 15) is 20.0 Å². The predicted molar refractivity (Wildman–Crippen MR) is 146 cm³/mol. The Bertz CT molecular complexity index is 1460. The van der Waals surface area contributed by atoms with Crippen molar-refractivity contribution in [3.05, 3.63) is 148 Å². The molecule has 2 aliphatic rings. The van der Waals surface area contributed by atoms with Crippen LogP contribution < -0.4 is 4.90 Å². The molecule has 4 aromatic carbocycles. The quantitative estimate of drug-likeness (QED) is 0.289. The number of nitro groups is 1. The molecule has 1 aliphatic heterocycles. The lowest BCUT2D eigenvalue weighted by Gasteiger charge is -2.48. The highest BCUT2D eigenvalue weighted by Gasteiger charge is 2.68. The molecular formula is C32H28N2O4. The highest BCUT2D eigenvalue weighted by Crippen LogP contribution is 2.59. The third-order valence-corrected chi connectivity index (χ3v) is 8.30. The molecule has 1 heterocycles. The zero-order valence-electron chi connectivity index (χ0n) is 20.8. The minimum absolute atomic E-state index is 0.109.